The van der Waals surface area contributed by atoms with Crippen LogP contribution in [-0.4, -0.2) is 58.7 Å². The highest BCUT2D eigenvalue weighted by molar-refractivity contribution is 7.17. The monoisotopic (exact) mass is 448 g/mol. The predicted octanol–water partition coefficient (Wildman–Crippen LogP) is 3.72. The molecule has 0 bridgehead atoms. The Hall–Kier alpha value is -3.30. The summed E-state index contributed by atoms with van der Waals surface area (Å²) in [6, 6.07) is 12.1. The number of aryl methyl sites for hydroxylation is 2. The van der Waals surface area contributed by atoms with Crippen LogP contribution in [0.2, 0.25) is 0 Å². The molecule has 1 fully saturated rings. The van der Waals surface area contributed by atoms with Crippen molar-refractivity contribution in [3.05, 3.63) is 53.4 Å². The Morgan fingerprint density at radius 2 is 1.91 bits per heavy atom. The van der Waals surface area contributed by atoms with E-state index in [1.807, 2.05) is 13.0 Å². The van der Waals surface area contributed by atoms with Gasteiger partial charge in [0.15, 0.2) is 5.82 Å². The highest BCUT2D eigenvalue weighted by Crippen LogP contribution is 2.38. The number of rotatable bonds is 5. The van der Waals surface area contributed by atoms with E-state index in [2.05, 4.69) is 54.9 Å². The molecule has 3 aromatic heterocycles. The van der Waals surface area contributed by atoms with Gasteiger partial charge in [0.2, 0.25) is 5.91 Å². The van der Waals surface area contributed by atoms with Gasteiger partial charge in [-0.05, 0) is 19.4 Å². The van der Waals surface area contributed by atoms with Gasteiger partial charge in [0.1, 0.15) is 22.2 Å². The number of nitrogens with one attached hydrogen (secondary N) is 1. The fourth-order valence-corrected chi connectivity index (χ4v) is 5.00. The van der Waals surface area contributed by atoms with Gasteiger partial charge in [-0.15, -0.1) is 11.3 Å². The molecule has 0 radical (unpaired) electrons. The first-order chi connectivity index (χ1) is 15.6. The van der Waals surface area contributed by atoms with Crippen molar-refractivity contribution in [3.63, 3.8) is 0 Å². The van der Waals surface area contributed by atoms with Crippen LogP contribution < -0.4 is 10.2 Å². The molecule has 0 spiro atoms. The van der Waals surface area contributed by atoms with Crippen LogP contribution in [-0.2, 0) is 4.79 Å². The first kappa shape index (κ1) is 20.6. The quantitative estimate of drug-likeness (QED) is 0.498. The summed E-state index contributed by atoms with van der Waals surface area (Å²) in [4.78, 5) is 27.3. The van der Waals surface area contributed by atoms with Gasteiger partial charge < -0.3 is 14.7 Å². The Balaban J connectivity index is 1.31. The molecule has 5 rings (SSSR count). The molecular formula is C23H24N6O2S. The average Bonchev–Trinajstić information content (AvgIpc) is 3.40. The van der Waals surface area contributed by atoms with Gasteiger partial charge in [-0.25, -0.2) is 9.97 Å². The molecule has 1 amide bonds. The van der Waals surface area contributed by atoms with Crippen LogP contribution in [0.1, 0.15) is 11.6 Å². The highest BCUT2D eigenvalue weighted by atomic mass is 32.1. The Kier molecular flexibility index (Phi) is 5.59. The zero-order valence-electron chi connectivity index (χ0n) is 18.0. The third-order valence-electron chi connectivity index (χ3n) is 5.55. The van der Waals surface area contributed by atoms with Gasteiger partial charge in [0, 0.05) is 43.2 Å². The number of fused-ring (bicyclic) bond motifs is 1. The van der Waals surface area contributed by atoms with E-state index in [0.29, 0.717) is 18.1 Å². The number of anilines is 2. The number of aromatic nitrogens is 3. The number of nitrogens with zero attached hydrogens (tertiary/aromatic N) is 5. The largest absolute Gasteiger partial charge is 0.360 e. The lowest BCUT2D eigenvalue weighted by Crippen LogP contribution is -2.49. The molecule has 4 heterocycles. The smallest absolute Gasteiger partial charge is 0.239 e. The molecule has 32 heavy (non-hydrogen) atoms. The number of hydrogen-bond donors (Lipinski definition) is 1. The van der Waals surface area contributed by atoms with Crippen molar-refractivity contribution in [2.45, 2.75) is 13.8 Å². The molecule has 4 aromatic rings. The average molecular weight is 449 g/mol. The summed E-state index contributed by atoms with van der Waals surface area (Å²) >= 11 is 1.66. The van der Waals surface area contributed by atoms with Crippen molar-refractivity contribution >= 4 is 39.1 Å². The maximum atomic E-state index is 12.4. The van der Waals surface area contributed by atoms with E-state index in [9.17, 15) is 4.79 Å². The summed E-state index contributed by atoms with van der Waals surface area (Å²) in [7, 11) is 0. The number of carbonyl (C=O) groups excluding carboxylic acids is 1. The highest BCUT2D eigenvalue weighted by Gasteiger charge is 2.24. The third-order valence-corrected chi connectivity index (χ3v) is 6.42. The lowest BCUT2D eigenvalue weighted by atomic mass is 10.1. The van der Waals surface area contributed by atoms with Gasteiger partial charge in [0.05, 0.1) is 11.9 Å². The van der Waals surface area contributed by atoms with Crippen LogP contribution in [0.3, 0.4) is 0 Å². The molecule has 0 unspecified atom stereocenters. The molecule has 0 aliphatic carbocycles. The fourth-order valence-electron chi connectivity index (χ4n) is 4.01. The molecule has 8 nitrogen and oxygen atoms in total. The molecule has 1 aromatic carbocycles. The molecule has 0 atom stereocenters. The van der Waals surface area contributed by atoms with Crippen molar-refractivity contribution in [3.8, 4) is 11.1 Å². The van der Waals surface area contributed by atoms with Crippen LogP contribution in [0.25, 0.3) is 21.3 Å². The number of thiophene rings is 1. The zero-order valence-corrected chi connectivity index (χ0v) is 18.9. The fraction of sp³-hybridized carbons (Fsp3) is 0.304. The molecule has 1 N–H and O–H groups in total. The summed E-state index contributed by atoms with van der Waals surface area (Å²) in [5.41, 5.74) is 2.34. The summed E-state index contributed by atoms with van der Waals surface area (Å²) in [5, 5.41) is 9.89. The molecular weight excluding hydrogens is 424 g/mol. The minimum atomic E-state index is -0.0868. The second kappa shape index (κ2) is 8.68. The standard InChI is InChI=1S/C23H24N6O2S/c1-15-12-19(27-31-15)26-20(30)13-28-8-10-29(11-9-28)22-21-18(17-6-4-3-5-7-17)14-32-23(21)25-16(2)24-22/h3-7,12,14H,8-11,13H2,1-2H3,(H,26,27,30). The minimum absolute atomic E-state index is 0.0868. The van der Waals surface area contributed by atoms with Crippen molar-refractivity contribution < 1.29 is 9.32 Å². The maximum absolute atomic E-state index is 12.4. The zero-order chi connectivity index (χ0) is 22.1. The van der Waals surface area contributed by atoms with Crippen LogP contribution in [0.5, 0.6) is 0 Å². The van der Waals surface area contributed by atoms with E-state index in [1.165, 1.54) is 11.1 Å². The second-order valence-corrected chi connectivity index (χ2v) is 8.78. The van der Waals surface area contributed by atoms with Gasteiger partial charge in [-0.2, -0.15) is 0 Å². The minimum Gasteiger partial charge on any atom is -0.360 e. The van der Waals surface area contributed by atoms with Crippen LogP contribution in [0, 0.1) is 13.8 Å². The molecule has 9 heteroatoms. The van der Waals surface area contributed by atoms with E-state index in [0.717, 1.165) is 48.0 Å². The Bertz CT molecular complexity index is 1240. The number of hydrogen-bond acceptors (Lipinski definition) is 8. The van der Waals surface area contributed by atoms with Crippen LogP contribution >= 0.6 is 11.3 Å². The number of carbonyl (C=O) groups is 1. The van der Waals surface area contributed by atoms with Gasteiger partial charge in [-0.3, -0.25) is 9.69 Å². The molecule has 0 saturated carbocycles. The molecule has 164 valence electrons. The van der Waals surface area contributed by atoms with Crippen molar-refractivity contribution in [1.29, 1.82) is 0 Å². The Labute approximate surface area is 189 Å². The van der Waals surface area contributed by atoms with Crippen molar-refractivity contribution in [2.75, 3.05) is 42.9 Å². The second-order valence-electron chi connectivity index (χ2n) is 7.92. The van der Waals surface area contributed by atoms with E-state index >= 15 is 0 Å². The SMILES string of the molecule is Cc1nc(N2CCN(CC(=O)Nc3cc(C)on3)CC2)c2c(-c3ccccc3)csc2n1. The lowest BCUT2D eigenvalue weighted by Gasteiger charge is -2.35. The first-order valence-corrected chi connectivity index (χ1v) is 11.5. The summed E-state index contributed by atoms with van der Waals surface area (Å²) < 4.78 is 5.00. The number of piperazine rings is 1. The van der Waals surface area contributed by atoms with E-state index in [4.69, 9.17) is 9.51 Å². The summed E-state index contributed by atoms with van der Waals surface area (Å²) in [6.45, 7) is 7.21. The van der Waals surface area contributed by atoms with Crippen LogP contribution in [0.4, 0.5) is 11.6 Å². The number of benzene rings is 1. The van der Waals surface area contributed by atoms with E-state index in [-0.39, 0.29) is 5.91 Å². The molecule has 1 aliphatic heterocycles. The number of amides is 1. The normalized spacial score (nSPS) is 14.8. The third kappa shape index (κ3) is 4.21. The van der Waals surface area contributed by atoms with Crippen molar-refractivity contribution in [1.82, 2.24) is 20.0 Å². The first-order valence-electron chi connectivity index (χ1n) is 10.6. The topological polar surface area (TPSA) is 87.4 Å². The van der Waals surface area contributed by atoms with Gasteiger partial charge in [-0.1, -0.05) is 35.5 Å². The lowest BCUT2D eigenvalue weighted by molar-refractivity contribution is -0.117. The van der Waals surface area contributed by atoms with E-state index < -0.39 is 0 Å². The Morgan fingerprint density at radius 3 is 2.62 bits per heavy atom. The summed E-state index contributed by atoms with van der Waals surface area (Å²) in [6.07, 6.45) is 0. The van der Waals surface area contributed by atoms with Crippen molar-refractivity contribution in [2.24, 2.45) is 0 Å². The molecule has 1 saturated heterocycles. The van der Waals surface area contributed by atoms with E-state index in [1.54, 1.807) is 24.3 Å². The van der Waals surface area contributed by atoms with Gasteiger partial charge >= 0.3 is 0 Å². The summed E-state index contributed by atoms with van der Waals surface area (Å²) in [5.74, 6) is 2.80. The van der Waals surface area contributed by atoms with Crippen LogP contribution in [0.15, 0.2) is 46.3 Å². The van der Waals surface area contributed by atoms with Gasteiger partial charge in [0.25, 0.3) is 0 Å². The maximum Gasteiger partial charge on any atom is 0.239 e. The Morgan fingerprint density at radius 1 is 1.12 bits per heavy atom. The predicted molar refractivity (Wildman–Crippen MR) is 126 cm³/mol. The molecule has 1 aliphatic rings.